The van der Waals surface area contributed by atoms with E-state index in [0.717, 1.165) is 11.1 Å². The van der Waals surface area contributed by atoms with Crippen molar-refractivity contribution in [1.29, 1.82) is 0 Å². The molecule has 0 aliphatic rings. The Morgan fingerprint density at radius 3 is 2.64 bits per heavy atom. The van der Waals surface area contributed by atoms with Crippen LogP contribution in [0.1, 0.15) is 11.1 Å². The molecule has 14 heavy (non-hydrogen) atoms. The van der Waals surface area contributed by atoms with Gasteiger partial charge in [-0.3, -0.25) is 4.79 Å². The molecule has 1 aromatic carbocycles. The Labute approximate surface area is 83.1 Å². The van der Waals surface area contributed by atoms with Crippen molar-refractivity contribution >= 4 is 11.6 Å². The topological polar surface area (TPSA) is 49.3 Å². The van der Waals surface area contributed by atoms with Gasteiger partial charge in [-0.2, -0.15) is 0 Å². The maximum Gasteiger partial charge on any atom is 0.247 e. The highest BCUT2D eigenvalue weighted by Crippen LogP contribution is 2.26. The third kappa shape index (κ3) is 1.93. The lowest BCUT2D eigenvalue weighted by Gasteiger charge is -2.10. The summed E-state index contributed by atoms with van der Waals surface area (Å²) >= 11 is 0. The van der Waals surface area contributed by atoms with Crippen LogP contribution in [0.5, 0.6) is 5.75 Å². The molecule has 1 aromatic rings. The summed E-state index contributed by atoms with van der Waals surface area (Å²) < 4.78 is 0. The van der Waals surface area contributed by atoms with E-state index in [1.54, 1.807) is 19.1 Å². The molecule has 3 nitrogen and oxygen atoms in total. The number of amides is 1. The van der Waals surface area contributed by atoms with E-state index in [1.807, 2.05) is 6.92 Å². The zero-order chi connectivity index (χ0) is 10.7. The highest BCUT2D eigenvalue weighted by atomic mass is 16.3. The van der Waals surface area contributed by atoms with Crippen molar-refractivity contribution in [2.45, 2.75) is 13.8 Å². The molecule has 0 heterocycles. The molecule has 1 rings (SSSR count). The van der Waals surface area contributed by atoms with E-state index in [-0.39, 0.29) is 11.7 Å². The quantitative estimate of drug-likeness (QED) is 0.555. The van der Waals surface area contributed by atoms with Gasteiger partial charge in [-0.25, -0.2) is 0 Å². The van der Waals surface area contributed by atoms with Crippen molar-refractivity contribution in [3.05, 3.63) is 35.9 Å². The SMILES string of the molecule is C=CC(=O)Nc1ccc(O)c(C)c1C. The highest BCUT2D eigenvalue weighted by Gasteiger charge is 2.06. The van der Waals surface area contributed by atoms with Gasteiger partial charge in [0, 0.05) is 5.69 Å². The molecule has 0 saturated heterocycles. The number of rotatable bonds is 2. The average molecular weight is 191 g/mol. The molecule has 0 saturated carbocycles. The van der Waals surface area contributed by atoms with Crippen LogP contribution in [0.15, 0.2) is 24.8 Å². The number of anilines is 1. The molecular weight excluding hydrogens is 178 g/mol. The third-order valence-corrected chi connectivity index (χ3v) is 2.20. The summed E-state index contributed by atoms with van der Waals surface area (Å²) in [5.74, 6) is -0.0164. The van der Waals surface area contributed by atoms with Crippen LogP contribution in [0.3, 0.4) is 0 Å². The summed E-state index contributed by atoms with van der Waals surface area (Å²) in [6, 6.07) is 3.22. The maximum absolute atomic E-state index is 11.0. The summed E-state index contributed by atoms with van der Waals surface area (Å²) in [5.41, 5.74) is 2.33. The third-order valence-electron chi connectivity index (χ3n) is 2.20. The van der Waals surface area contributed by atoms with Crippen LogP contribution in [0.2, 0.25) is 0 Å². The van der Waals surface area contributed by atoms with Crippen molar-refractivity contribution in [2.75, 3.05) is 5.32 Å². The fraction of sp³-hybridized carbons (Fsp3) is 0.182. The van der Waals surface area contributed by atoms with Gasteiger partial charge in [-0.15, -0.1) is 0 Å². The molecule has 1 amide bonds. The summed E-state index contributed by atoms with van der Waals surface area (Å²) in [5, 5.41) is 12.0. The molecule has 0 spiro atoms. The number of phenols is 1. The molecule has 0 aliphatic carbocycles. The minimum Gasteiger partial charge on any atom is -0.508 e. The van der Waals surface area contributed by atoms with Crippen LogP contribution < -0.4 is 5.32 Å². The van der Waals surface area contributed by atoms with Crippen molar-refractivity contribution in [1.82, 2.24) is 0 Å². The number of phenolic OH excluding ortho intramolecular Hbond substituents is 1. The molecular formula is C11H13NO2. The van der Waals surface area contributed by atoms with E-state index in [4.69, 9.17) is 0 Å². The van der Waals surface area contributed by atoms with Gasteiger partial charge in [-0.1, -0.05) is 6.58 Å². The summed E-state index contributed by atoms with van der Waals surface area (Å²) in [6.45, 7) is 7.01. The second-order valence-corrected chi connectivity index (χ2v) is 3.08. The summed E-state index contributed by atoms with van der Waals surface area (Å²) in [6.07, 6.45) is 1.21. The van der Waals surface area contributed by atoms with Crippen molar-refractivity contribution in [3.63, 3.8) is 0 Å². The molecule has 0 fully saturated rings. The molecule has 0 radical (unpaired) electrons. The molecule has 74 valence electrons. The lowest BCUT2D eigenvalue weighted by molar-refractivity contribution is -0.111. The van der Waals surface area contributed by atoms with E-state index in [9.17, 15) is 9.90 Å². The van der Waals surface area contributed by atoms with Crippen molar-refractivity contribution in [3.8, 4) is 5.75 Å². The van der Waals surface area contributed by atoms with Gasteiger partial charge < -0.3 is 10.4 Å². The number of carbonyl (C=O) groups is 1. The zero-order valence-electron chi connectivity index (χ0n) is 8.29. The fourth-order valence-corrected chi connectivity index (χ4v) is 1.13. The van der Waals surface area contributed by atoms with E-state index < -0.39 is 0 Å². The van der Waals surface area contributed by atoms with Crippen molar-refractivity contribution in [2.24, 2.45) is 0 Å². The van der Waals surface area contributed by atoms with E-state index in [0.29, 0.717) is 5.69 Å². The second-order valence-electron chi connectivity index (χ2n) is 3.08. The number of carbonyl (C=O) groups excluding carboxylic acids is 1. The number of nitrogens with one attached hydrogen (secondary N) is 1. The molecule has 0 bridgehead atoms. The van der Waals surface area contributed by atoms with Gasteiger partial charge in [0.1, 0.15) is 5.75 Å². The Kier molecular flexibility index (Phi) is 2.92. The minimum atomic E-state index is -0.252. The van der Waals surface area contributed by atoms with Gasteiger partial charge in [0.15, 0.2) is 0 Å². The predicted octanol–water partition coefficient (Wildman–Crippen LogP) is 2.13. The Morgan fingerprint density at radius 2 is 2.07 bits per heavy atom. The van der Waals surface area contributed by atoms with Crippen molar-refractivity contribution < 1.29 is 9.90 Å². The largest absolute Gasteiger partial charge is 0.508 e. The molecule has 2 N–H and O–H groups in total. The summed E-state index contributed by atoms with van der Waals surface area (Å²) in [7, 11) is 0. The number of aromatic hydroxyl groups is 1. The van der Waals surface area contributed by atoms with Crippen LogP contribution in [0.25, 0.3) is 0 Å². The average Bonchev–Trinajstić information content (AvgIpc) is 2.19. The van der Waals surface area contributed by atoms with Gasteiger partial charge in [0.05, 0.1) is 0 Å². The lowest BCUT2D eigenvalue weighted by atomic mass is 10.1. The van der Waals surface area contributed by atoms with E-state index in [2.05, 4.69) is 11.9 Å². The van der Waals surface area contributed by atoms with E-state index in [1.165, 1.54) is 6.08 Å². The molecule has 0 aromatic heterocycles. The second kappa shape index (κ2) is 3.96. The zero-order valence-corrected chi connectivity index (χ0v) is 8.29. The minimum absolute atomic E-state index is 0.235. The lowest BCUT2D eigenvalue weighted by Crippen LogP contribution is -2.08. The molecule has 0 aliphatic heterocycles. The van der Waals surface area contributed by atoms with Crippen LogP contribution in [0.4, 0.5) is 5.69 Å². The fourth-order valence-electron chi connectivity index (χ4n) is 1.13. The number of hydrogen-bond acceptors (Lipinski definition) is 2. The number of benzene rings is 1. The molecule has 0 atom stereocenters. The first kappa shape index (κ1) is 10.3. The number of hydrogen-bond donors (Lipinski definition) is 2. The predicted molar refractivity (Wildman–Crippen MR) is 56.4 cm³/mol. The van der Waals surface area contributed by atoms with Crippen LogP contribution in [-0.4, -0.2) is 11.0 Å². The monoisotopic (exact) mass is 191 g/mol. The first-order chi connectivity index (χ1) is 6.56. The van der Waals surface area contributed by atoms with Gasteiger partial charge in [0.25, 0.3) is 0 Å². The van der Waals surface area contributed by atoms with Crippen LogP contribution >= 0.6 is 0 Å². The Morgan fingerprint density at radius 1 is 1.43 bits per heavy atom. The summed E-state index contributed by atoms with van der Waals surface area (Å²) in [4.78, 5) is 11.0. The van der Waals surface area contributed by atoms with Gasteiger partial charge in [-0.05, 0) is 43.2 Å². The Bertz CT molecular complexity index is 383. The Hall–Kier alpha value is -1.77. The van der Waals surface area contributed by atoms with E-state index >= 15 is 0 Å². The first-order valence-electron chi connectivity index (χ1n) is 4.29. The Balaban J connectivity index is 3.05. The van der Waals surface area contributed by atoms with Gasteiger partial charge >= 0.3 is 0 Å². The smallest absolute Gasteiger partial charge is 0.247 e. The first-order valence-corrected chi connectivity index (χ1v) is 4.29. The normalized spacial score (nSPS) is 9.57. The molecule has 0 unspecified atom stereocenters. The maximum atomic E-state index is 11.0. The highest BCUT2D eigenvalue weighted by molar-refractivity contribution is 5.99. The van der Waals surface area contributed by atoms with Crippen LogP contribution in [0, 0.1) is 13.8 Å². The molecule has 3 heteroatoms. The van der Waals surface area contributed by atoms with Gasteiger partial charge in [0.2, 0.25) is 5.91 Å². The van der Waals surface area contributed by atoms with Crippen LogP contribution in [-0.2, 0) is 4.79 Å². The standard InChI is InChI=1S/C11H13NO2/c1-4-11(14)12-9-5-6-10(13)8(3)7(9)2/h4-6,13H,1H2,2-3H3,(H,12,14).